The van der Waals surface area contributed by atoms with Crippen LogP contribution in [-0.2, 0) is 19.6 Å². The van der Waals surface area contributed by atoms with Crippen molar-refractivity contribution in [2.75, 3.05) is 38.0 Å². The fourth-order valence-electron chi connectivity index (χ4n) is 3.00. The Morgan fingerprint density at radius 3 is 2.35 bits per heavy atom. The summed E-state index contributed by atoms with van der Waals surface area (Å²) < 4.78 is 26.2. The van der Waals surface area contributed by atoms with Gasteiger partial charge in [0.1, 0.15) is 0 Å². The molecule has 0 spiro atoms. The van der Waals surface area contributed by atoms with Crippen LogP contribution >= 0.6 is 0 Å². The lowest BCUT2D eigenvalue weighted by Gasteiger charge is -2.18. The Hall–Kier alpha value is -1.97. The van der Waals surface area contributed by atoms with E-state index in [2.05, 4.69) is 5.32 Å². The summed E-state index contributed by atoms with van der Waals surface area (Å²) in [5.74, 6) is -1.51. The molecule has 0 aliphatic carbocycles. The summed E-state index contributed by atoms with van der Waals surface area (Å²) in [7, 11) is -3.52. The molecule has 2 N–H and O–H groups in total. The predicted octanol–water partition coefficient (Wildman–Crippen LogP) is 1.06. The molecule has 144 valence electrons. The molecule has 9 heteroatoms. The zero-order chi connectivity index (χ0) is 19.3. The quantitative estimate of drug-likeness (QED) is 0.695. The summed E-state index contributed by atoms with van der Waals surface area (Å²) in [6, 6.07) is 6.05. The molecule has 1 atom stereocenters. The molecule has 0 radical (unpaired) electrons. The van der Waals surface area contributed by atoms with Crippen LogP contribution in [0.15, 0.2) is 29.2 Å². The van der Waals surface area contributed by atoms with Gasteiger partial charge in [0.2, 0.25) is 15.9 Å². The van der Waals surface area contributed by atoms with Gasteiger partial charge in [-0.1, -0.05) is 13.8 Å². The first-order chi connectivity index (χ1) is 12.3. The number of sulfonamides is 1. The maximum atomic E-state index is 12.4. The number of rotatable bonds is 8. The van der Waals surface area contributed by atoms with E-state index in [0.717, 1.165) is 0 Å². The van der Waals surface area contributed by atoms with Crippen molar-refractivity contribution >= 4 is 27.6 Å². The summed E-state index contributed by atoms with van der Waals surface area (Å²) in [6.45, 7) is 5.40. The van der Waals surface area contributed by atoms with E-state index in [0.29, 0.717) is 38.3 Å². The number of carbonyl (C=O) groups is 2. The minimum Gasteiger partial charge on any atom is -0.481 e. The van der Waals surface area contributed by atoms with Crippen LogP contribution in [0, 0.1) is 5.92 Å². The predicted molar refractivity (Wildman–Crippen MR) is 97.4 cm³/mol. The normalized spacial score (nSPS) is 18.2. The number of nitrogens with zero attached hydrogens (tertiary/aromatic N) is 2. The molecule has 1 aromatic rings. The molecule has 1 heterocycles. The van der Waals surface area contributed by atoms with Gasteiger partial charge in [-0.15, -0.1) is 0 Å². The maximum Gasteiger partial charge on any atom is 0.307 e. The molecule has 1 saturated heterocycles. The first-order valence-corrected chi connectivity index (χ1v) is 10.1. The Morgan fingerprint density at radius 1 is 1.23 bits per heavy atom. The van der Waals surface area contributed by atoms with E-state index in [1.54, 1.807) is 30.9 Å². The van der Waals surface area contributed by atoms with Crippen LogP contribution < -0.4 is 5.32 Å². The molecule has 2 rings (SSSR count). The van der Waals surface area contributed by atoms with Crippen molar-refractivity contribution in [3.63, 3.8) is 0 Å². The summed E-state index contributed by atoms with van der Waals surface area (Å²) in [6.07, 6.45) is 0.542. The third-order valence-electron chi connectivity index (χ3n) is 4.47. The van der Waals surface area contributed by atoms with E-state index in [9.17, 15) is 18.0 Å². The van der Waals surface area contributed by atoms with Gasteiger partial charge in [-0.05, 0) is 37.2 Å². The smallest absolute Gasteiger partial charge is 0.307 e. The van der Waals surface area contributed by atoms with Gasteiger partial charge in [0.25, 0.3) is 0 Å². The molecule has 1 aliphatic rings. The van der Waals surface area contributed by atoms with Crippen LogP contribution in [-0.4, -0.2) is 67.3 Å². The highest BCUT2D eigenvalue weighted by atomic mass is 32.2. The van der Waals surface area contributed by atoms with Gasteiger partial charge in [0.05, 0.1) is 17.4 Å². The number of anilines is 1. The Bertz CT molecular complexity index is 744. The zero-order valence-electron chi connectivity index (χ0n) is 15.0. The van der Waals surface area contributed by atoms with E-state index in [1.807, 2.05) is 0 Å². The summed E-state index contributed by atoms with van der Waals surface area (Å²) in [5.41, 5.74) is 0.502. The lowest BCUT2D eigenvalue weighted by molar-refractivity contribution is -0.141. The van der Waals surface area contributed by atoms with E-state index >= 15 is 0 Å². The van der Waals surface area contributed by atoms with Crippen LogP contribution in [0.5, 0.6) is 0 Å². The highest BCUT2D eigenvalue weighted by molar-refractivity contribution is 7.89. The third kappa shape index (κ3) is 4.80. The van der Waals surface area contributed by atoms with Crippen LogP contribution in [0.25, 0.3) is 0 Å². The largest absolute Gasteiger partial charge is 0.481 e. The molecular formula is C17H25N3O5S. The van der Waals surface area contributed by atoms with Crippen molar-refractivity contribution < 1.29 is 23.1 Å². The lowest BCUT2D eigenvalue weighted by Crippen LogP contribution is -2.32. The van der Waals surface area contributed by atoms with Crippen molar-refractivity contribution in [3.05, 3.63) is 24.3 Å². The number of carboxylic acid groups (broad SMARTS) is 1. The molecule has 0 bridgehead atoms. The number of amides is 1. The minimum atomic E-state index is -3.52. The summed E-state index contributed by atoms with van der Waals surface area (Å²) in [4.78, 5) is 25.0. The summed E-state index contributed by atoms with van der Waals surface area (Å²) >= 11 is 0. The van der Waals surface area contributed by atoms with E-state index in [4.69, 9.17) is 5.11 Å². The molecule has 1 aromatic carbocycles. The number of nitrogens with one attached hydrogen (secondary N) is 1. The van der Waals surface area contributed by atoms with Gasteiger partial charge in [0.15, 0.2) is 0 Å². The van der Waals surface area contributed by atoms with Gasteiger partial charge in [-0.2, -0.15) is 4.31 Å². The molecule has 0 aromatic heterocycles. The highest BCUT2D eigenvalue weighted by Gasteiger charge is 2.29. The fourth-order valence-corrected chi connectivity index (χ4v) is 4.46. The number of benzene rings is 1. The van der Waals surface area contributed by atoms with Crippen molar-refractivity contribution in [1.82, 2.24) is 9.21 Å². The van der Waals surface area contributed by atoms with Crippen LogP contribution in [0.1, 0.15) is 20.3 Å². The molecule has 8 nitrogen and oxygen atoms in total. The zero-order valence-corrected chi connectivity index (χ0v) is 15.8. The number of carbonyl (C=O) groups excluding carboxylic acids is 1. The second-order valence-electron chi connectivity index (χ2n) is 6.22. The lowest BCUT2D eigenvalue weighted by atomic mass is 10.1. The molecular weight excluding hydrogens is 358 g/mol. The molecule has 26 heavy (non-hydrogen) atoms. The molecule has 1 aliphatic heterocycles. The third-order valence-corrected chi connectivity index (χ3v) is 6.53. The Labute approximate surface area is 153 Å². The molecule has 1 unspecified atom stereocenters. The van der Waals surface area contributed by atoms with E-state index < -0.39 is 21.9 Å². The van der Waals surface area contributed by atoms with Crippen molar-refractivity contribution in [2.24, 2.45) is 5.92 Å². The SMILES string of the molecule is CCN(CC)S(=O)(=O)c1ccc(NC(=O)CN2CCC(C(=O)O)C2)cc1. The monoisotopic (exact) mass is 383 g/mol. The van der Waals surface area contributed by atoms with Crippen molar-refractivity contribution in [3.8, 4) is 0 Å². The van der Waals surface area contributed by atoms with Gasteiger partial charge >= 0.3 is 5.97 Å². The minimum absolute atomic E-state index is 0.114. The standard InChI is InChI=1S/C17H25N3O5S/c1-3-20(4-2)26(24,25)15-7-5-14(6-8-15)18-16(21)12-19-10-9-13(11-19)17(22)23/h5-8,13H,3-4,9-12H2,1-2H3,(H,18,21)(H,22,23). The Morgan fingerprint density at radius 2 is 1.85 bits per heavy atom. The van der Waals surface area contributed by atoms with Crippen LogP contribution in [0.4, 0.5) is 5.69 Å². The van der Waals surface area contributed by atoms with Crippen LogP contribution in [0.3, 0.4) is 0 Å². The average molecular weight is 383 g/mol. The van der Waals surface area contributed by atoms with Crippen molar-refractivity contribution in [2.45, 2.75) is 25.2 Å². The second kappa shape index (κ2) is 8.61. The molecule has 1 fully saturated rings. The number of hydrogen-bond donors (Lipinski definition) is 2. The van der Waals surface area contributed by atoms with Gasteiger partial charge < -0.3 is 10.4 Å². The fraction of sp³-hybridized carbons (Fsp3) is 0.529. The Kier molecular flexibility index (Phi) is 6.74. The Balaban J connectivity index is 1.95. The highest BCUT2D eigenvalue weighted by Crippen LogP contribution is 2.19. The van der Waals surface area contributed by atoms with Crippen molar-refractivity contribution in [1.29, 1.82) is 0 Å². The van der Waals surface area contributed by atoms with E-state index in [-0.39, 0.29) is 17.3 Å². The topological polar surface area (TPSA) is 107 Å². The van der Waals surface area contributed by atoms with Gasteiger partial charge in [-0.3, -0.25) is 14.5 Å². The number of aliphatic carboxylic acids is 1. The molecule has 1 amide bonds. The van der Waals surface area contributed by atoms with Crippen LogP contribution in [0.2, 0.25) is 0 Å². The number of hydrogen-bond acceptors (Lipinski definition) is 5. The number of likely N-dealkylation sites (tertiary alicyclic amines) is 1. The summed E-state index contributed by atoms with van der Waals surface area (Å²) in [5, 5.41) is 11.7. The number of carboxylic acids is 1. The van der Waals surface area contributed by atoms with Gasteiger partial charge in [-0.25, -0.2) is 8.42 Å². The maximum absolute atomic E-state index is 12.4. The van der Waals surface area contributed by atoms with E-state index in [1.165, 1.54) is 16.4 Å². The van der Waals surface area contributed by atoms with Gasteiger partial charge in [0, 0.05) is 25.3 Å². The first kappa shape index (κ1) is 20.3. The average Bonchev–Trinajstić information content (AvgIpc) is 3.05. The molecule has 0 saturated carbocycles. The first-order valence-electron chi connectivity index (χ1n) is 8.63. The second-order valence-corrected chi connectivity index (χ2v) is 8.16.